The van der Waals surface area contributed by atoms with Crippen molar-refractivity contribution in [2.75, 3.05) is 25.1 Å². The molecule has 3 rings (SSSR count). The molecule has 0 aromatic carbocycles. The average molecular weight is 280 g/mol. The smallest absolute Gasteiger partial charge is 0.186 e. The first kappa shape index (κ1) is 13.1. The molecule has 2 heterocycles. The molecule has 1 aromatic heterocycles. The van der Waals surface area contributed by atoms with Gasteiger partial charge in [0.25, 0.3) is 0 Å². The maximum Gasteiger partial charge on any atom is 0.186 e. The lowest BCUT2D eigenvalue weighted by Gasteiger charge is -2.39. The SMILES string of the molecule is COC1(C)CCCN(c2nc3c(s2)CCCC3=O)C1. The number of carbonyl (C=O) groups excluding carboxylic acids is 1. The van der Waals surface area contributed by atoms with Gasteiger partial charge in [0, 0.05) is 31.5 Å². The van der Waals surface area contributed by atoms with Crippen molar-refractivity contribution >= 4 is 22.3 Å². The molecule has 1 unspecified atom stereocenters. The quantitative estimate of drug-likeness (QED) is 0.835. The Kier molecular flexibility index (Phi) is 3.35. The summed E-state index contributed by atoms with van der Waals surface area (Å²) in [4.78, 5) is 19.9. The van der Waals surface area contributed by atoms with Crippen molar-refractivity contribution in [3.8, 4) is 0 Å². The van der Waals surface area contributed by atoms with Gasteiger partial charge in [0.2, 0.25) is 0 Å². The van der Waals surface area contributed by atoms with Crippen LogP contribution in [0.25, 0.3) is 0 Å². The van der Waals surface area contributed by atoms with Crippen molar-refractivity contribution in [1.82, 2.24) is 4.98 Å². The molecule has 0 saturated carbocycles. The van der Waals surface area contributed by atoms with Gasteiger partial charge in [0.05, 0.1) is 5.60 Å². The minimum Gasteiger partial charge on any atom is -0.377 e. The molecule has 0 amide bonds. The molecule has 0 spiro atoms. The monoisotopic (exact) mass is 280 g/mol. The topological polar surface area (TPSA) is 42.4 Å². The van der Waals surface area contributed by atoms with Crippen LogP contribution in [0.5, 0.6) is 0 Å². The van der Waals surface area contributed by atoms with Crippen molar-refractivity contribution in [3.63, 3.8) is 0 Å². The number of fused-ring (bicyclic) bond motifs is 1. The number of aromatic nitrogens is 1. The number of ether oxygens (including phenoxy) is 1. The third kappa shape index (κ3) is 2.41. The lowest BCUT2D eigenvalue weighted by atomic mass is 9.95. The zero-order valence-corrected chi connectivity index (χ0v) is 12.4. The zero-order chi connectivity index (χ0) is 13.5. The molecular formula is C14H20N2O2S. The Balaban J connectivity index is 1.84. The highest BCUT2D eigenvalue weighted by molar-refractivity contribution is 7.16. The number of nitrogens with zero attached hydrogens (tertiary/aromatic N) is 2. The van der Waals surface area contributed by atoms with Crippen LogP contribution in [0, 0.1) is 0 Å². The van der Waals surface area contributed by atoms with Gasteiger partial charge in [0.1, 0.15) is 5.69 Å². The number of anilines is 1. The Morgan fingerprint density at radius 1 is 1.37 bits per heavy atom. The second kappa shape index (κ2) is 4.87. The summed E-state index contributed by atoms with van der Waals surface area (Å²) in [6.45, 7) is 4.03. The number of rotatable bonds is 2. The molecule has 104 valence electrons. The number of hydrogen-bond acceptors (Lipinski definition) is 5. The maximum atomic E-state index is 11.9. The molecule has 1 fully saturated rings. The summed E-state index contributed by atoms with van der Waals surface area (Å²) in [6, 6.07) is 0. The van der Waals surface area contributed by atoms with Gasteiger partial charge in [-0.05, 0) is 32.6 Å². The lowest BCUT2D eigenvalue weighted by molar-refractivity contribution is -0.00466. The fraction of sp³-hybridized carbons (Fsp3) is 0.714. The second-order valence-electron chi connectivity index (χ2n) is 5.72. The molecule has 5 heteroatoms. The van der Waals surface area contributed by atoms with E-state index < -0.39 is 0 Å². The lowest BCUT2D eigenvalue weighted by Crippen LogP contribution is -2.47. The number of carbonyl (C=O) groups is 1. The van der Waals surface area contributed by atoms with Gasteiger partial charge in [-0.15, -0.1) is 11.3 Å². The summed E-state index contributed by atoms with van der Waals surface area (Å²) < 4.78 is 5.62. The number of methoxy groups -OCH3 is 1. The van der Waals surface area contributed by atoms with Crippen LogP contribution in [0.1, 0.15) is 48.0 Å². The van der Waals surface area contributed by atoms with E-state index in [9.17, 15) is 4.79 Å². The fourth-order valence-corrected chi connectivity index (χ4v) is 4.07. The van der Waals surface area contributed by atoms with Crippen molar-refractivity contribution in [2.45, 2.75) is 44.6 Å². The highest BCUT2D eigenvalue weighted by Gasteiger charge is 2.33. The molecule has 1 aliphatic carbocycles. The van der Waals surface area contributed by atoms with Crippen molar-refractivity contribution in [2.24, 2.45) is 0 Å². The van der Waals surface area contributed by atoms with Gasteiger partial charge in [-0.3, -0.25) is 4.79 Å². The highest BCUT2D eigenvalue weighted by atomic mass is 32.1. The number of thiazole rings is 1. The van der Waals surface area contributed by atoms with Crippen LogP contribution >= 0.6 is 11.3 Å². The molecule has 2 aliphatic rings. The van der Waals surface area contributed by atoms with Gasteiger partial charge in [0.15, 0.2) is 10.9 Å². The maximum absolute atomic E-state index is 11.9. The van der Waals surface area contributed by atoms with Gasteiger partial charge < -0.3 is 9.64 Å². The van der Waals surface area contributed by atoms with Gasteiger partial charge in [-0.25, -0.2) is 4.98 Å². The first-order valence-electron chi connectivity index (χ1n) is 6.94. The predicted molar refractivity (Wildman–Crippen MR) is 76.2 cm³/mol. The molecular weight excluding hydrogens is 260 g/mol. The molecule has 0 radical (unpaired) electrons. The van der Waals surface area contributed by atoms with Gasteiger partial charge in [-0.1, -0.05) is 0 Å². The van der Waals surface area contributed by atoms with Crippen LogP contribution in [0.15, 0.2) is 0 Å². The first-order valence-corrected chi connectivity index (χ1v) is 7.76. The van der Waals surface area contributed by atoms with Crippen molar-refractivity contribution < 1.29 is 9.53 Å². The minimum atomic E-state index is -0.0889. The van der Waals surface area contributed by atoms with Crippen LogP contribution < -0.4 is 4.90 Å². The normalized spacial score (nSPS) is 27.5. The average Bonchev–Trinajstić information content (AvgIpc) is 2.84. The first-order chi connectivity index (χ1) is 9.11. The summed E-state index contributed by atoms with van der Waals surface area (Å²) in [5.74, 6) is 0.218. The summed E-state index contributed by atoms with van der Waals surface area (Å²) in [7, 11) is 1.78. The highest BCUT2D eigenvalue weighted by Crippen LogP contribution is 2.35. The van der Waals surface area contributed by atoms with E-state index in [-0.39, 0.29) is 11.4 Å². The Labute approximate surface area is 117 Å². The van der Waals surface area contributed by atoms with E-state index in [1.807, 2.05) is 0 Å². The Bertz CT molecular complexity index is 500. The van der Waals surface area contributed by atoms with Crippen LogP contribution in [0.2, 0.25) is 0 Å². The Hall–Kier alpha value is -0.940. The summed E-state index contributed by atoms with van der Waals surface area (Å²) in [5, 5.41) is 1.00. The molecule has 0 N–H and O–H groups in total. The number of Topliss-reactive ketones (excluding diaryl/α,β-unsaturated/α-hetero) is 1. The molecule has 0 bridgehead atoms. The van der Waals surface area contributed by atoms with Crippen molar-refractivity contribution in [3.05, 3.63) is 10.6 Å². The van der Waals surface area contributed by atoms with E-state index in [4.69, 9.17) is 4.74 Å². The van der Waals surface area contributed by atoms with E-state index in [0.717, 1.165) is 49.6 Å². The summed E-state index contributed by atoms with van der Waals surface area (Å²) >= 11 is 1.70. The van der Waals surface area contributed by atoms with Gasteiger partial charge >= 0.3 is 0 Å². The number of aryl methyl sites for hydroxylation is 1. The third-order valence-electron chi connectivity index (χ3n) is 4.18. The van der Waals surface area contributed by atoms with Crippen LogP contribution in [0.3, 0.4) is 0 Å². The van der Waals surface area contributed by atoms with Crippen LogP contribution in [-0.2, 0) is 11.2 Å². The van der Waals surface area contributed by atoms with E-state index >= 15 is 0 Å². The molecule has 1 aliphatic heterocycles. The van der Waals surface area contributed by atoms with Crippen molar-refractivity contribution in [1.29, 1.82) is 0 Å². The minimum absolute atomic E-state index is 0.0889. The van der Waals surface area contributed by atoms with E-state index in [1.165, 1.54) is 4.88 Å². The number of piperidine rings is 1. The molecule has 1 aromatic rings. The largest absolute Gasteiger partial charge is 0.377 e. The zero-order valence-electron chi connectivity index (χ0n) is 11.6. The second-order valence-corrected chi connectivity index (χ2v) is 6.79. The summed E-state index contributed by atoms with van der Waals surface area (Å²) in [5.41, 5.74) is 0.644. The Morgan fingerprint density at radius 3 is 2.95 bits per heavy atom. The number of ketones is 1. The fourth-order valence-electron chi connectivity index (χ4n) is 2.93. The van der Waals surface area contributed by atoms with Gasteiger partial charge in [-0.2, -0.15) is 0 Å². The van der Waals surface area contributed by atoms with E-state index in [1.54, 1.807) is 18.4 Å². The molecule has 4 nitrogen and oxygen atoms in total. The molecule has 1 atom stereocenters. The summed E-state index contributed by atoms with van der Waals surface area (Å²) in [6.07, 6.45) is 4.84. The van der Waals surface area contributed by atoms with Crippen LogP contribution in [0.4, 0.5) is 5.13 Å². The molecule has 19 heavy (non-hydrogen) atoms. The molecule has 1 saturated heterocycles. The standard InChI is InChI=1S/C14H20N2O2S/c1-14(18-2)7-4-8-16(9-14)13-15-12-10(17)5-3-6-11(12)19-13/h3-9H2,1-2H3. The van der Waals surface area contributed by atoms with E-state index in [2.05, 4.69) is 16.8 Å². The predicted octanol–water partition coefficient (Wildman–Crippen LogP) is 2.67. The van der Waals surface area contributed by atoms with Crippen LogP contribution in [-0.4, -0.2) is 36.6 Å². The Morgan fingerprint density at radius 2 is 2.21 bits per heavy atom. The third-order valence-corrected chi connectivity index (χ3v) is 5.36. The van der Waals surface area contributed by atoms with E-state index in [0.29, 0.717) is 6.42 Å². The number of hydrogen-bond donors (Lipinski definition) is 0.